The largest absolute Gasteiger partial charge is 0.507 e. The molecule has 2 rings (SSSR count). The van der Waals surface area contributed by atoms with Gasteiger partial charge in [0.05, 0.1) is 0 Å². The molecule has 0 unspecified atom stereocenters. The van der Waals surface area contributed by atoms with Gasteiger partial charge in [-0.25, -0.2) is 0 Å². The van der Waals surface area contributed by atoms with Gasteiger partial charge in [-0.1, -0.05) is 6.07 Å². The van der Waals surface area contributed by atoms with E-state index in [1.165, 1.54) is 0 Å². The number of aryl methyl sites for hydroxylation is 2. The summed E-state index contributed by atoms with van der Waals surface area (Å²) in [4.78, 5) is 11.4. The van der Waals surface area contributed by atoms with Crippen molar-refractivity contribution in [2.24, 2.45) is 0 Å². The predicted molar refractivity (Wildman–Crippen MR) is 50.2 cm³/mol. The summed E-state index contributed by atoms with van der Waals surface area (Å²) < 4.78 is 0. The molecular formula is C11H12O2. The maximum absolute atomic E-state index is 11.4. The van der Waals surface area contributed by atoms with Crippen LogP contribution in [0.25, 0.3) is 0 Å². The number of hydrogen-bond acceptors (Lipinski definition) is 2. The van der Waals surface area contributed by atoms with Crippen LogP contribution in [0.15, 0.2) is 6.07 Å². The van der Waals surface area contributed by atoms with E-state index in [0.29, 0.717) is 6.42 Å². The molecule has 0 bridgehead atoms. The van der Waals surface area contributed by atoms with Crippen LogP contribution in [-0.2, 0) is 6.42 Å². The third-order valence-corrected chi connectivity index (χ3v) is 2.72. The van der Waals surface area contributed by atoms with Crippen molar-refractivity contribution in [3.63, 3.8) is 0 Å². The van der Waals surface area contributed by atoms with E-state index in [0.717, 1.165) is 28.7 Å². The van der Waals surface area contributed by atoms with Crippen LogP contribution in [0.1, 0.15) is 33.5 Å². The van der Waals surface area contributed by atoms with Gasteiger partial charge in [0.1, 0.15) is 5.75 Å². The molecule has 68 valence electrons. The molecule has 0 spiro atoms. The van der Waals surface area contributed by atoms with Gasteiger partial charge in [0.15, 0.2) is 5.78 Å². The highest BCUT2D eigenvalue weighted by Crippen LogP contribution is 2.33. The molecule has 0 aliphatic heterocycles. The zero-order valence-corrected chi connectivity index (χ0v) is 7.85. The summed E-state index contributed by atoms with van der Waals surface area (Å²) in [6, 6.07) is 1.92. The van der Waals surface area contributed by atoms with E-state index in [-0.39, 0.29) is 11.5 Å². The van der Waals surface area contributed by atoms with E-state index in [4.69, 9.17) is 0 Å². The molecule has 0 atom stereocenters. The van der Waals surface area contributed by atoms with Gasteiger partial charge in [0.2, 0.25) is 0 Å². The first-order valence-corrected chi connectivity index (χ1v) is 4.46. The Morgan fingerprint density at radius 1 is 1.31 bits per heavy atom. The fraction of sp³-hybridized carbons (Fsp3) is 0.364. The molecule has 0 amide bonds. The minimum Gasteiger partial charge on any atom is -0.507 e. The van der Waals surface area contributed by atoms with Crippen molar-refractivity contribution in [2.75, 3.05) is 0 Å². The van der Waals surface area contributed by atoms with Gasteiger partial charge in [-0.2, -0.15) is 0 Å². The zero-order chi connectivity index (χ0) is 9.59. The summed E-state index contributed by atoms with van der Waals surface area (Å²) in [6.07, 6.45) is 1.43. The topological polar surface area (TPSA) is 37.3 Å². The SMILES string of the molecule is Cc1cc2c(c(C)c1O)C(=O)CC2. The summed E-state index contributed by atoms with van der Waals surface area (Å²) >= 11 is 0. The number of Topliss-reactive ketones (excluding diaryl/α,β-unsaturated/α-hetero) is 1. The smallest absolute Gasteiger partial charge is 0.163 e. The number of carbonyl (C=O) groups is 1. The molecule has 0 fully saturated rings. The molecule has 0 heterocycles. The van der Waals surface area contributed by atoms with Crippen molar-refractivity contribution < 1.29 is 9.90 Å². The van der Waals surface area contributed by atoms with E-state index >= 15 is 0 Å². The fourth-order valence-electron chi connectivity index (χ4n) is 2.02. The Morgan fingerprint density at radius 3 is 2.69 bits per heavy atom. The number of hydrogen-bond donors (Lipinski definition) is 1. The average molecular weight is 176 g/mol. The minimum atomic E-state index is 0.169. The van der Waals surface area contributed by atoms with Crippen molar-refractivity contribution in [1.29, 1.82) is 0 Å². The standard InChI is InChI=1S/C11H12O2/c1-6-5-8-3-4-9(12)10(8)7(2)11(6)13/h5,13H,3-4H2,1-2H3. The van der Waals surface area contributed by atoms with Crippen LogP contribution in [0.3, 0.4) is 0 Å². The third-order valence-electron chi connectivity index (χ3n) is 2.72. The maximum Gasteiger partial charge on any atom is 0.163 e. The molecule has 1 N–H and O–H groups in total. The lowest BCUT2D eigenvalue weighted by Gasteiger charge is -2.07. The molecule has 1 aromatic carbocycles. The van der Waals surface area contributed by atoms with E-state index in [1.54, 1.807) is 0 Å². The van der Waals surface area contributed by atoms with Crippen LogP contribution < -0.4 is 0 Å². The lowest BCUT2D eigenvalue weighted by Crippen LogP contribution is -1.96. The maximum atomic E-state index is 11.4. The number of fused-ring (bicyclic) bond motifs is 1. The number of phenols is 1. The summed E-state index contributed by atoms with van der Waals surface area (Å²) in [6.45, 7) is 3.68. The minimum absolute atomic E-state index is 0.169. The van der Waals surface area contributed by atoms with Crippen molar-refractivity contribution >= 4 is 5.78 Å². The molecule has 0 saturated carbocycles. The van der Waals surface area contributed by atoms with Crippen molar-refractivity contribution in [1.82, 2.24) is 0 Å². The van der Waals surface area contributed by atoms with Crippen LogP contribution in [0, 0.1) is 13.8 Å². The predicted octanol–water partition coefficient (Wildman–Crippen LogP) is 2.14. The molecule has 0 saturated heterocycles. The normalized spacial score (nSPS) is 14.8. The lowest BCUT2D eigenvalue weighted by atomic mass is 9.99. The Balaban J connectivity index is 2.75. The molecule has 0 aromatic heterocycles. The highest BCUT2D eigenvalue weighted by molar-refractivity contribution is 6.02. The van der Waals surface area contributed by atoms with Crippen LogP contribution in [-0.4, -0.2) is 10.9 Å². The highest BCUT2D eigenvalue weighted by atomic mass is 16.3. The lowest BCUT2D eigenvalue weighted by molar-refractivity contribution is 0.0993. The molecule has 1 aromatic rings. The molecule has 2 nitrogen and oxygen atoms in total. The highest BCUT2D eigenvalue weighted by Gasteiger charge is 2.23. The first-order valence-electron chi connectivity index (χ1n) is 4.46. The summed E-state index contributed by atoms with van der Waals surface area (Å²) in [5.74, 6) is 0.441. The Bertz CT molecular complexity index is 392. The monoisotopic (exact) mass is 176 g/mol. The van der Waals surface area contributed by atoms with Gasteiger partial charge in [-0.3, -0.25) is 4.79 Å². The molecule has 0 radical (unpaired) electrons. The number of carbonyl (C=O) groups excluding carboxylic acids is 1. The van der Waals surface area contributed by atoms with Crippen LogP contribution >= 0.6 is 0 Å². The van der Waals surface area contributed by atoms with Gasteiger partial charge in [-0.05, 0) is 31.4 Å². The molecule has 1 aliphatic rings. The zero-order valence-electron chi connectivity index (χ0n) is 7.85. The fourth-order valence-corrected chi connectivity index (χ4v) is 2.02. The van der Waals surface area contributed by atoms with Crippen LogP contribution in [0.4, 0.5) is 0 Å². The van der Waals surface area contributed by atoms with E-state index in [2.05, 4.69) is 0 Å². The first-order chi connectivity index (χ1) is 6.11. The van der Waals surface area contributed by atoms with Crippen LogP contribution in [0.2, 0.25) is 0 Å². The number of ketones is 1. The number of benzene rings is 1. The molecular weight excluding hydrogens is 164 g/mol. The van der Waals surface area contributed by atoms with Gasteiger partial charge < -0.3 is 5.11 Å². The Labute approximate surface area is 77.2 Å². The van der Waals surface area contributed by atoms with Gasteiger partial charge in [0.25, 0.3) is 0 Å². The summed E-state index contributed by atoms with van der Waals surface area (Å²) in [5.41, 5.74) is 3.46. The molecule has 2 heteroatoms. The Hall–Kier alpha value is -1.31. The summed E-state index contributed by atoms with van der Waals surface area (Å²) in [5, 5.41) is 9.64. The first kappa shape index (κ1) is 8.30. The van der Waals surface area contributed by atoms with Gasteiger partial charge >= 0.3 is 0 Å². The second-order valence-electron chi connectivity index (χ2n) is 3.62. The van der Waals surface area contributed by atoms with E-state index in [9.17, 15) is 9.90 Å². The summed E-state index contributed by atoms with van der Waals surface area (Å²) in [7, 11) is 0. The van der Waals surface area contributed by atoms with Crippen LogP contribution in [0.5, 0.6) is 5.75 Å². The quantitative estimate of drug-likeness (QED) is 0.657. The second kappa shape index (κ2) is 2.59. The van der Waals surface area contributed by atoms with E-state index in [1.807, 2.05) is 19.9 Å². The number of phenolic OH excluding ortho intramolecular Hbond substituents is 1. The van der Waals surface area contributed by atoms with Gasteiger partial charge in [0, 0.05) is 17.5 Å². The Kier molecular flexibility index (Phi) is 1.65. The average Bonchev–Trinajstić information content (AvgIpc) is 2.43. The van der Waals surface area contributed by atoms with E-state index < -0.39 is 0 Å². The van der Waals surface area contributed by atoms with Crippen molar-refractivity contribution in [2.45, 2.75) is 26.7 Å². The van der Waals surface area contributed by atoms with Crippen molar-refractivity contribution in [3.8, 4) is 5.75 Å². The molecule has 1 aliphatic carbocycles. The number of rotatable bonds is 0. The number of aromatic hydroxyl groups is 1. The third kappa shape index (κ3) is 1.05. The molecule has 13 heavy (non-hydrogen) atoms. The Morgan fingerprint density at radius 2 is 2.00 bits per heavy atom. The van der Waals surface area contributed by atoms with Crippen molar-refractivity contribution in [3.05, 3.63) is 28.3 Å². The van der Waals surface area contributed by atoms with Gasteiger partial charge in [-0.15, -0.1) is 0 Å². The second-order valence-corrected chi connectivity index (χ2v) is 3.62.